The Hall–Kier alpha value is -6.64. The predicted molar refractivity (Wildman–Crippen MR) is 229 cm³/mol. The molecule has 0 spiro atoms. The Kier molecular flexibility index (Phi) is 8.24. The van der Waals surface area contributed by atoms with Crippen LogP contribution in [0.5, 0.6) is 0 Å². The van der Waals surface area contributed by atoms with Crippen molar-refractivity contribution in [1.82, 2.24) is 9.97 Å². The molecule has 0 saturated carbocycles. The van der Waals surface area contributed by atoms with Gasteiger partial charge in [0.25, 0.3) is 0 Å². The van der Waals surface area contributed by atoms with Crippen molar-refractivity contribution in [2.45, 2.75) is 26.2 Å². The zero-order valence-corrected chi connectivity index (χ0v) is 30.8. The molecular formula is C52H40N2. The molecule has 0 fully saturated rings. The summed E-state index contributed by atoms with van der Waals surface area (Å²) in [7, 11) is 0. The molecule has 2 nitrogen and oxygen atoms in total. The van der Waals surface area contributed by atoms with Crippen LogP contribution in [0.15, 0.2) is 170 Å². The van der Waals surface area contributed by atoms with E-state index >= 15 is 0 Å². The highest BCUT2D eigenvalue weighted by Gasteiger charge is 2.38. The number of aromatic nitrogens is 2. The first-order valence-electron chi connectivity index (χ1n) is 18.7. The SMILES string of the molecule is C=Cc1ccc2c(c1/C=C\C)-c1c(-c3ccc(-c4ccc(-c5cc(-c6ccccc6)nc(-c6ccccc6)n5)c5ccccc45)cc3)cccc1C2(C)C. The van der Waals surface area contributed by atoms with E-state index in [0.29, 0.717) is 5.82 Å². The Morgan fingerprint density at radius 1 is 0.500 bits per heavy atom. The Bertz CT molecular complexity index is 2680. The van der Waals surface area contributed by atoms with Crippen LogP contribution in [-0.2, 0) is 5.41 Å². The smallest absolute Gasteiger partial charge is 0.160 e. The van der Waals surface area contributed by atoms with Gasteiger partial charge in [-0.15, -0.1) is 0 Å². The number of hydrogen-bond acceptors (Lipinski definition) is 2. The highest BCUT2D eigenvalue weighted by Crippen LogP contribution is 2.54. The maximum absolute atomic E-state index is 5.16. The Labute approximate surface area is 317 Å². The highest BCUT2D eigenvalue weighted by molar-refractivity contribution is 6.05. The van der Waals surface area contributed by atoms with Crippen molar-refractivity contribution in [2.24, 2.45) is 0 Å². The largest absolute Gasteiger partial charge is 0.228 e. The van der Waals surface area contributed by atoms with E-state index in [9.17, 15) is 0 Å². The molecule has 8 aromatic rings. The second-order valence-corrected chi connectivity index (χ2v) is 14.5. The van der Waals surface area contributed by atoms with Crippen molar-refractivity contribution < 1.29 is 0 Å². The van der Waals surface area contributed by atoms with Crippen molar-refractivity contribution in [3.63, 3.8) is 0 Å². The van der Waals surface area contributed by atoms with Gasteiger partial charge in [-0.2, -0.15) is 0 Å². The molecule has 1 aromatic heterocycles. The maximum Gasteiger partial charge on any atom is 0.160 e. The molecule has 0 radical (unpaired) electrons. The molecule has 54 heavy (non-hydrogen) atoms. The molecule has 0 N–H and O–H groups in total. The Balaban J connectivity index is 1.15. The number of rotatable bonds is 7. The normalized spacial score (nSPS) is 12.9. The molecule has 0 aliphatic heterocycles. The lowest BCUT2D eigenvalue weighted by Crippen LogP contribution is -2.15. The fraction of sp³-hybridized carbons (Fsp3) is 0.0769. The van der Waals surface area contributed by atoms with Crippen LogP contribution in [-0.4, -0.2) is 9.97 Å². The van der Waals surface area contributed by atoms with Crippen LogP contribution >= 0.6 is 0 Å². The minimum atomic E-state index is -0.106. The molecule has 258 valence electrons. The van der Waals surface area contributed by atoms with Gasteiger partial charge in [0.15, 0.2) is 5.82 Å². The fourth-order valence-electron chi connectivity index (χ4n) is 8.34. The van der Waals surface area contributed by atoms with Gasteiger partial charge in [-0.25, -0.2) is 9.97 Å². The number of allylic oxidation sites excluding steroid dienone is 1. The number of hydrogen-bond donors (Lipinski definition) is 0. The summed E-state index contributed by atoms with van der Waals surface area (Å²) in [5.74, 6) is 0.715. The standard InChI is InChI=1S/C52H40N2/c1-5-16-40-34(6-2)29-32-46-49(40)50-41(23-15-24-45(50)52(46,3)4)36-27-25-35(26-28-36)39-30-31-44(43-22-14-13-21-42(39)43)48-33-47(37-17-9-7-10-18-37)53-51(54-48)38-19-11-8-12-20-38/h5-33H,2H2,1,3-4H3/b16-5-. The van der Waals surface area contributed by atoms with E-state index in [1.54, 1.807) is 0 Å². The molecular weight excluding hydrogens is 653 g/mol. The van der Waals surface area contributed by atoms with Crippen LogP contribution in [0.3, 0.4) is 0 Å². The molecule has 1 aliphatic rings. The number of nitrogens with zero attached hydrogens (tertiary/aromatic N) is 2. The van der Waals surface area contributed by atoms with Crippen LogP contribution in [0.25, 0.3) is 90.2 Å². The van der Waals surface area contributed by atoms with Crippen LogP contribution < -0.4 is 0 Å². The molecule has 0 amide bonds. The van der Waals surface area contributed by atoms with E-state index in [4.69, 9.17) is 9.97 Å². The summed E-state index contributed by atoms with van der Waals surface area (Å²) in [6, 6.07) is 56.3. The van der Waals surface area contributed by atoms with Gasteiger partial charge in [0, 0.05) is 22.1 Å². The van der Waals surface area contributed by atoms with Crippen molar-refractivity contribution in [2.75, 3.05) is 0 Å². The summed E-state index contributed by atoms with van der Waals surface area (Å²) in [6.07, 6.45) is 6.35. The molecule has 1 aliphatic carbocycles. The quantitative estimate of drug-likeness (QED) is 0.166. The third kappa shape index (κ3) is 5.50. The van der Waals surface area contributed by atoms with Gasteiger partial charge >= 0.3 is 0 Å². The van der Waals surface area contributed by atoms with Crippen molar-refractivity contribution >= 4 is 22.9 Å². The maximum atomic E-state index is 5.16. The average Bonchev–Trinajstić information content (AvgIpc) is 3.47. The molecule has 0 bridgehead atoms. The Morgan fingerprint density at radius 2 is 1.09 bits per heavy atom. The first kappa shape index (κ1) is 33.2. The third-order valence-electron chi connectivity index (χ3n) is 11.0. The van der Waals surface area contributed by atoms with Crippen LogP contribution in [0.4, 0.5) is 0 Å². The monoisotopic (exact) mass is 692 g/mol. The summed E-state index contributed by atoms with van der Waals surface area (Å²) in [4.78, 5) is 10.2. The first-order chi connectivity index (χ1) is 26.5. The third-order valence-corrected chi connectivity index (χ3v) is 11.0. The van der Waals surface area contributed by atoms with E-state index in [2.05, 4.69) is 173 Å². The van der Waals surface area contributed by atoms with Crippen molar-refractivity contribution in [3.05, 3.63) is 193 Å². The van der Waals surface area contributed by atoms with E-state index < -0.39 is 0 Å². The first-order valence-corrected chi connectivity index (χ1v) is 18.7. The van der Waals surface area contributed by atoms with Gasteiger partial charge < -0.3 is 0 Å². The topological polar surface area (TPSA) is 25.8 Å². The van der Waals surface area contributed by atoms with Gasteiger partial charge in [0.1, 0.15) is 0 Å². The van der Waals surface area contributed by atoms with Gasteiger partial charge in [-0.05, 0) is 79.4 Å². The summed E-state index contributed by atoms with van der Waals surface area (Å²) in [5, 5.41) is 2.35. The zero-order valence-electron chi connectivity index (χ0n) is 30.8. The lowest BCUT2D eigenvalue weighted by atomic mass is 9.81. The Morgan fingerprint density at radius 3 is 1.78 bits per heavy atom. The molecule has 0 saturated heterocycles. The summed E-state index contributed by atoms with van der Waals surface area (Å²) < 4.78 is 0. The van der Waals surface area contributed by atoms with Crippen LogP contribution in [0.2, 0.25) is 0 Å². The molecule has 7 aromatic carbocycles. The minimum absolute atomic E-state index is 0.106. The van der Waals surface area contributed by atoms with Crippen LogP contribution in [0, 0.1) is 0 Å². The molecule has 0 unspecified atom stereocenters. The molecule has 1 heterocycles. The van der Waals surface area contributed by atoms with Gasteiger partial charge in [0.2, 0.25) is 0 Å². The number of fused-ring (bicyclic) bond motifs is 4. The van der Waals surface area contributed by atoms with Gasteiger partial charge in [0.05, 0.1) is 11.4 Å². The second-order valence-electron chi connectivity index (χ2n) is 14.5. The lowest BCUT2D eigenvalue weighted by Gasteiger charge is -2.22. The van der Waals surface area contributed by atoms with Gasteiger partial charge in [-0.3, -0.25) is 0 Å². The van der Waals surface area contributed by atoms with E-state index in [1.807, 2.05) is 30.3 Å². The fourth-order valence-corrected chi connectivity index (χ4v) is 8.34. The molecule has 2 heteroatoms. The second kappa shape index (κ2) is 13.4. The van der Waals surface area contributed by atoms with E-state index in [0.717, 1.165) is 39.0 Å². The zero-order chi connectivity index (χ0) is 36.8. The molecule has 9 rings (SSSR count). The van der Waals surface area contributed by atoms with E-state index in [-0.39, 0.29) is 5.41 Å². The lowest BCUT2D eigenvalue weighted by molar-refractivity contribution is 0.660. The predicted octanol–water partition coefficient (Wildman–Crippen LogP) is 13.9. The number of benzene rings is 7. The highest BCUT2D eigenvalue weighted by atomic mass is 14.9. The van der Waals surface area contributed by atoms with Crippen molar-refractivity contribution in [3.8, 4) is 67.3 Å². The molecule has 0 atom stereocenters. The summed E-state index contributed by atoms with van der Waals surface area (Å²) in [6.45, 7) is 10.9. The minimum Gasteiger partial charge on any atom is -0.228 e. The van der Waals surface area contributed by atoms with Crippen molar-refractivity contribution in [1.29, 1.82) is 0 Å². The van der Waals surface area contributed by atoms with E-state index in [1.165, 1.54) is 55.5 Å². The van der Waals surface area contributed by atoms with Crippen LogP contribution in [0.1, 0.15) is 43.0 Å². The average molecular weight is 693 g/mol. The summed E-state index contributed by atoms with van der Waals surface area (Å²) >= 11 is 0. The van der Waals surface area contributed by atoms with Gasteiger partial charge in [-0.1, -0.05) is 190 Å². The summed E-state index contributed by atoms with van der Waals surface area (Å²) in [5.41, 5.74) is 17.4.